The van der Waals surface area contributed by atoms with E-state index in [0.717, 1.165) is 25.3 Å². The molecule has 3 rings (SSSR count). The molecule has 21 heavy (non-hydrogen) atoms. The Bertz CT molecular complexity index is 629. The van der Waals surface area contributed by atoms with Crippen LogP contribution in [0.15, 0.2) is 48.5 Å². The molecule has 1 aliphatic heterocycles. The summed E-state index contributed by atoms with van der Waals surface area (Å²) in [4.78, 5) is 2.27. The van der Waals surface area contributed by atoms with Crippen LogP contribution in [0.4, 0.5) is 11.4 Å². The molecule has 1 saturated heterocycles. The topological polar surface area (TPSA) is 41.3 Å². The Labute approximate surface area is 130 Å². The summed E-state index contributed by atoms with van der Waals surface area (Å²) in [6.07, 6.45) is 0.997. The van der Waals surface area contributed by atoms with Crippen molar-refractivity contribution in [3.8, 4) is 0 Å². The van der Waals surface area contributed by atoms with E-state index in [-0.39, 0.29) is 5.54 Å². The van der Waals surface area contributed by atoms with Gasteiger partial charge in [0, 0.05) is 17.8 Å². The molecule has 3 nitrogen and oxygen atoms in total. The van der Waals surface area contributed by atoms with Gasteiger partial charge in [-0.15, -0.1) is 0 Å². The van der Waals surface area contributed by atoms with Crippen LogP contribution in [0.5, 0.6) is 0 Å². The van der Waals surface area contributed by atoms with Crippen LogP contribution in [0.2, 0.25) is 5.02 Å². The van der Waals surface area contributed by atoms with Crippen LogP contribution in [-0.4, -0.2) is 18.8 Å². The second-order valence-electron chi connectivity index (χ2n) is 5.97. The summed E-state index contributed by atoms with van der Waals surface area (Å²) in [5.74, 6) is 0. The molecule has 1 fully saturated rings. The monoisotopic (exact) mass is 301 g/mol. The van der Waals surface area contributed by atoms with Crippen molar-refractivity contribution in [2.75, 3.05) is 23.8 Å². The van der Waals surface area contributed by atoms with E-state index in [2.05, 4.69) is 41.4 Å². The van der Waals surface area contributed by atoms with Gasteiger partial charge in [0.2, 0.25) is 0 Å². The van der Waals surface area contributed by atoms with Gasteiger partial charge in [-0.25, -0.2) is 0 Å². The molecule has 0 amide bonds. The third kappa shape index (κ3) is 3.14. The van der Waals surface area contributed by atoms with Crippen molar-refractivity contribution < 1.29 is 0 Å². The second-order valence-corrected chi connectivity index (χ2v) is 6.37. The fraction of sp³-hybridized carbons (Fsp3) is 0.294. The van der Waals surface area contributed by atoms with E-state index < -0.39 is 0 Å². The van der Waals surface area contributed by atoms with Gasteiger partial charge in [-0.3, -0.25) is 5.32 Å². The van der Waals surface area contributed by atoms with Crippen LogP contribution in [0.1, 0.15) is 12.5 Å². The van der Waals surface area contributed by atoms with Gasteiger partial charge in [0.05, 0.1) is 17.4 Å². The van der Waals surface area contributed by atoms with Crippen LogP contribution in [0.3, 0.4) is 0 Å². The highest BCUT2D eigenvalue weighted by Gasteiger charge is 2.33. The number of halogens is 1. The van der Waals surface area contributed by atoms with E-state index in [9.17, 15) is 0 Å². The molecular weight excluding hydrogens is 282 g/mol. The number of nitrogens with two attached hydrogens (primary N) is 1. The summed E-state index contributed by atoms with van der Waals surface area (Å²) in [5, 5.41) is 4.32. The maximum absolute atomic E-state index is 6.31. The predicted octanol–water partition coefficient (Wildman–Crippen LogP) is 3.29. The lowest BCUT2D eigenvalue weighted by molar-refractivity contribution is 0.438. The molecule has 2 aromatic carbocycles. The molecule has 110 valence electrons. The van der Waals surface area contributed by atoms with Crippen molar-refractivity contribution in [1.29, 1.82) is 0 Å². The number of hydrogen-bond donors (Lipinski definition) is 2. The number of hydrogen-bond acceptors (Lipinski definition) is 3. The van der Waals surface area contributed by atoms with Gasteiger partial charge in [0.15, 0.2) is 0 Å². The van der Waals surface area contributed by atoms with Crippen LogP contribution >= 0.6 is 11.6 Å². The van der Waals surface area contributed by atoms with Gasteiger partial charge < -0.3 is 10.6 Å². The molecule has 3 N–H and O–H groups in total. The molecule has 2 aromatic rings. The Morgan fingerprint density at radius 3 is 2.71 bits per heavy atom. The van der Waals surface area contributed by atoms with E-state index in [1.807, 2.05) is 24.3 Å². The van der Waals surface area contributed by atoms with Crippen LogP contribution < -0.4 is 16.0 Å². The maximum atomic E-state index is 6.31. The molecule has 1 heterocycles. The zero-order chi connectivity index (χ0) is 14.9. The Hall–Kier alpha value is -1.71. The van der Waals surface area contributed by atoms with Crippen molar-refractivity contribution in [3.63, 3.8) is 0 Å². The van der Waals surface area contributed by atoms with Gasteiger partial charge in [-0.05, 0) is 37.1 Å². The number of anilines is 2. The normalized spacial score (nSPS) is 21.7. The summed E-state index contributed by atoms with van der Waals surface area (Å²) in [5.41, 5.74) is 8.89. The first kappa shape index (κ1) is 14.2. The Morgan fingerprint density at radius 1 is 1.24 bits per heavy atom. The summed E-state index contributed by atoms with van der Waals surface area (Å²) >= 11 is 6.31. The number of nitrogens with one attached hydrogen (secondary N) is 1. The lowest BCUT2D eigenvalue weighted by Gasteiger charge is -2.25. The molecule has 0 unspecified atom stereocenters. The van der Waals surface area contributed by atoms with Crippen LogP contribution in [-0.2, 0) is 6.42 Å². The van der Waals surface area contributed by atoms with E-state index in [4.69, 9.17) is 17.3 Å². The lowest BCUT2D eigenvalue weighted by Crippen LogP contribution is -2.41. The van der Waals surface area contributed by atoms with Gasteiger partial charge in [-0.1, -0.05) is 41.9 Å². The fourth-order valence-electron chi connectivity index (χ4n) is 2.93. The summed E-state index contributed by atoms with van der Waals surface area (Å²) in [6.45, 7) is 3.98. The van der Waals surface area contributed by atoms with Crippen molar-refractivity contribution >= 4 is 23.0 Å². The maximum Gasteiger partial charge on any atom is 0.0688 e. The molecule has 0 aromatic heterocycles. The molecule has 0 spiro atoms. The quantitative estimate of drug-likeness (QED) is 0.855. The first-order valence-corrected chi connectivity index (χ1v) is 7.52. The summed E-state index contributed by atoms with van der Waals surface area (Å²) in [7, 11) is 0. The third-order valence-corrected chi connectivity index (χ3v) is 4.29. The molecule has 0 radical (unpaired) electrons. The predicted molar refractivity (Wildman–Crippen MR) is 89.8 cm³/mol. The number of benzene rings is 2. The van der Waals surface area contributed by atoms with E-state index in [0.29, 0.717) is 10.7 Å². The number of rotatable bonds is 3. The average molecular weight is 302 g/mol. The first-order valence-electron chi connectivity index (χ1n) is 7.15. The fourth-order valence-corrected chi connectivity index (χ4v) is 3.24. The third-order valence-electron chi connectivity index (χ3n) is 3.99. The van der Waals surface area contributed by atoms with Gasteiger partial charge in [-0.2, -0.15) is 0 Å². The highest BCUT2D eigenvalue weighted by Crippen LogP contribution is 2.31. The molecule has 1 atom stereocenters. The first-order chi connectivity index (χ1) is 10.1. The lowest BCUT2D eigenvalue weighted by atomic mass is 9.93. The SMILES string of the molecule is C[C@@]1(Cc2ccccc2)CN(c2ccc(N)cc2Cl)CN1. The van der Waals surface area contributed by atoms with Crippen molar-refractivity contribution in [1.82, 2.24) is 5.32 Å². The highest BCUT2D eigenvalue weighted by atomic mass is 35.5. The number of nitrogens with zero attached hydrogens (tertiary/aromatic N) is 1. The largest absolute Gasteiger partial charge is 0.399 e. The minimum absolute atomic E-state index is 0.0477. The summed E-state index contributed by atoms with van der Waals surface area (Å²) in [6, 6.07) is 16.3. The van der Waals surface area contributed by atoms with Crippen molar-refractivity contribution in [2.45, 2.75) is 18.9 Å². The van der Waals surface area contributed by atoms with E-state index in [1.54, 1.807) is 0 Å². The van der Waals surface area contributed by atoms with Crippen LogP contribution in [0.25, 0.3) is 0 Å². The van der Waals surface area contributed by atoms with E-state index >= 15 is 0 Å². The standard InChI is InChI=1S/C17H20ClN3/c1-17(10-13-5-3-2-4-6-13)11-21(12-20-17)16-8-7-14(19)9-15(16)18/h2-9,20H,10-12,19H2,1H3/t17-/m1/s1. The molecule has 0 bridgehead atoms. The summed E-state index contributed by atoms with van der Waals surface area (Å²) < 4.78 is 0. The van der Waals surface area contributed by atoms with Gasteiger partial charge in [0.25, 0.3) is 0 Å². The van der Waals surface area contributed by atoms with Crippen LogP contribution in [0, 0.1) is 0 Å². The molecule has 4 heteroatoms. The number of nitrogen functional groups attached to an aromatic ring is 1. The minimum atomic E-state index is 0.0477. The zero-order valence-electron chi connectivity index (χ0n) is 12.1. The molecule has 0 saturated carbocycles. The second kappa shape index (κ2) is 5.58. The Kier molecular flexibility index (Phi) is 3.79. The molecule has 0 aliphatic carbocycles. The Morgan fingerprint density at radius 2 is 2.00 bits per heavy atom. The van der Waals surface area contributed by atoms with Gasteiger partial charge in [0.1, 0.15) is 0 Å². The van der Waals surface area contributed by atoms with Gasteiger partial charge >= 0.3 is 0 Å². The van der Waals surface area contributed by atoms with E-state index in [1.165, 1.54) is 5.56 Å². The zero-order valence-corrected chi connectivity index (χ0v) is 12.9. The van der Waals surface area contributed by atoms with Crippen molar-refractivity contribution in [2.24, 2.45) is 0 Å². The molecular formula is C17H20ClN3. The minimum Gasteiger partial charge on any atom is -0.399 e. The Balaban J connectivity index is 1.75. The highest BCUT2D eigenvalue weighted by molar-refractivity contribution is 6.33. The molecule has 1 aliphatic rings. The smallest absolute Gasteiger partial charge is 0.0688 e. The van der Waals surface area contributed by atoms with Crippen molar-refractivity contribution in [3.05, 3.63) is 59.1 Å². The average Bonchev–Trinajstić information content (AvgIpc) is 2.82.